The summed E-state index contributed by atoms with van der Waals surface area (Å²) in [6.45, 7) is 2.64. The second-order valence-electron chi connectivity index (χ2n) is 6.08. The molecular weight excluding hydrogens is 288 g/mol. The third-order valence-corrected chi connectivity index (χ3v) is 5.86. The van der Waals surface area contributed by atoms with Crippen LogP contribution in [0.2, 0.25) is 0 Å². The van der Waals surface area contributed by atoms with Gasteiger partial charge in [-0.15, -0.1) is 0 Å². The number of urea groups is 1. The Morgan fingerprint density at radius 3 is 2.76 bits per heavy atom. The van der Waals surface area contributed by atoms with Crippen molar-refractivity contribution in [1.29, 1.82) is 0 Å². The Morgan fingerprint density at radius 1 is 1.24 bits per heavy atom. The van der Waals surface area contributed by atoms with Gasteiger partial charge in [0.2, 0.25) is 0 Å². The molecule has 2 amide bonds. The maximum Gasteiger partial charge on any atom is 0.315 e. The highest BCUT2D eigenvalue weighted by Gasteiger charge is 2.33. The number of aliphatic carboxylic acids is 1. The van der Waals surface area contributed by atoms with Crippen LogP contribution in [-0.4, -0.2) is 40.7 Å². The second-order valence-corrected chi connectivity index (χ2v) is 7.65. The maximum atomic E-state index is 11.9. The normalized spacial score (nSPS) is 32.0. The highest BCUT2D eigenvalue weighted by atomic mass is 32.2. The average Bonchev–Trinajstić information content (AvgIpc) is 3.06. The molecule has 120 valence electrons. The minimum absolute atomic E-state index is 0.0835. The molecule has 2 rings (SSSR count). The van der Waals surface area contributed by atoms with Crippen LogP contribution in [0.4, 0.5) is 4.79 Å². The van der Waals surface area contributed by atoms with Crippen molar-refractivity contribution in [3.8, 4) is 0 Å². The molecule has 2 fully saturated rings. The largest absolute Gasteiger partial charge is 0.481 e. The summed E-state index contributed by atoms with van der Waals surface area (Å²) in [7, 11) is 0. The van der Waals surface area contributed by atoms with E-state index in [0.717, 1.165) is 37.9 Å². The van der Waals surface area contributed by atoms with E-state index in [0.29, 0.717) is 11.8 Å². The van der Waals surface area contributed by atoms with Crippen molar-refractivity contribution in [2.45, 2.75) is 56.7 Å². The molecule has 2 aliphatic carbocycles. The fourth-order valence-electron chi connectivity index (χ4n) is 3.52. The first-order valence-electron chi connectivity index (χ1n) is 7.99. The molecule has 4 atom stereocenters. The molecule has 0 bridgehead atoms. The molecular formula is C15H26N2O3S. The van der Waals surface area contributed by atoms with Crippen molar-refractivity contribution in [3.05, 3.63) is 0 Å². The van der Waals surface area contributed by atoms with Crippen LogP contribution in [-0.2, 0) is 4.79 Å². The van der Waals surface area contributed by atoms with Crippen LogP contribution in [0, 0.1) is 11.8 Å². The Labute approximate surface area is 130 Å². The lowest BCUT2D eigenvalue weighted by Crippen LogP contribution is -2.43. The minimum atomic E-state index is -0.727. The molecule has 0 aliphatic heterocycles. The van der Waals surface area contributed by atoms with Gasteiger partial charge in [-0.25, -0.2) is 4.79 Å². The molecule has 4 unspecified atom stereocenters. The SMILES string of the molecule is CCSC1CCC(NC(=O)NCC2CCCC2C(=O)O)C1. The van der Waals surface area contributed by atoms with Gasteiger partial charge < -0.3 is 15.7 Å². The molecule has 0 radical (unpaired) electrons. The first kappa shape index (κ1) is 16.5. The van der Waals surface area contributed by atoms with Gasteiger partial charge >= 0.3 is 12.0 Å². The van der Waals surface area contributed by atoms with Gasteiger partial charge in [0.05, 0.1) is 5.92 Å². The Morgan fingerprint density at radius 2 is 2.05 bits per heavy atom. The van der Waals surface area contributed by atoms with Crippen LogP contribution >= 0.6 is 11.8 Å². The van der Waals surface area contributed by atoms with Crippen molar-refractivity contribution >= 4 is 23.8 Å². The number of hydrogen-bond donors (Lipinski definition) is 3. The van der Waals surface area contributed by atoms with Crippen LogP contribution < -0.4 is 10.6 Å². The monoisotopic (exact) mass is 314 g/mol. The van der Waals surface area contributed by atoms with E-state index in [2.05, 4.69) is 17.6 Å². The minimum Gasteiger partial charge on any atom is -0.481 e. The summed E-state index contributed by atoms with van der Waals surface area (Å²) in [5.41, 5.74) is 0. The summed E-state index contributed by atoms with van der Waals surface area (Å²) in [5, 5.41) is 15.7. The van der Waals surface area contributed by atoms with E-state index in [1.165, 1.54) is 6.42 Å². The summed E-state index contributed by atoms with van der Waals surface area (Å²) < 4.78 is 0. The molecule has 0 aromatic rings. The maximum absolute atomic E-state index is 11.9. The third-order valence-electron chi connectivity index (χ3n) is 4.62. The standard InChI is InChI=1S/C15H26N2O3S/c1-2-21-12-7-6-11(8-12)17-15(20)16-9-10-4-3-5-13(10)14(18)19/h10-13H,2-9H2,1H3,(H,18,19)(H2,16,17,20). The predicted molar refractivity (Wildman–Crippen MR) is 84.6 cm³/mol. The van der Waals surface area contributed by atoms with Gasteiger partial charge in [0.25, 0.3) is 0 Å². The predicted octanol–water partition coefficient (Wildman–Crippen LogP) is 2.46. The first-order chi connectivity index (χ1) is 10.1. The van der Waals surface area contributed by atoms with Gasteiger partial charge in [0.1, 0.15) is 0 Å². The molecule has 2 aliphatic rings. The Balaban J connectivity index is 1.67. The van der Waals surface area contributed by atoms with Crippen LogP contribution in [0.3, 0.4) is 0 Å². The number of thioether (sulfide) groups is 1. The lowest BCUT2D eigenvalue weighted by molar-refractivity contribution is -0.142. The van der Waals surface area contributed by atoms with Crippen LogP contribution in [0.5, 0.6) is 0 Å². The Hall–Kier alpha value is -0.910. The van der Waals surface area contributed by atoms with Crippen LogP contribution in [0.25, 0.3) is 0 Å². The summed E-state index contributed by atoms with van der Waals surface area (Å²) in [5.74, 6) is 0.194. The molecule has 0 spiro atoms. The number of carbonyl (C=O) groups excluding carboxylic acids is 1. The number of carboxylic acids is 1. The summed E-state index contributed by atoms with van der Waals surface area (Å²) >= 11 is 1.97. The van der Waals surface area contributed by atoms with Gasteiger partial charge in [0, 0.05) is 17.8 Å². The summed E-state index contributed by atoms with van der Waals surface area (Å²) in [6.07, 6.45) is 5.85. The number of hydrogen-bond acceptors (Lipinski definition) is 3. The lowest BCUT2D eigenvalue weighted by atomic mass is 9.96. The molecule has 6 heteroatoms. The van der Waals surface area contributed by atoms with E-state index in [1.807, 2.05) is 11.8 Å². The van der Waals surface area contributed by atoms with Gasteiger partial charge in [-0.3, -0.25) is 4.79 Å². The van der Waals surface area contributed by atoms with E-state index in [1.54, 1.807) is 0 Å². The van der Waals surface area contributed by atoms with Crippen LogP contribution in [0.1, 0.15) is 45.4 Å². The van der Waals surface area contributed by atoms with E-state index in [4.69, 9.17) is 5.11 Å². The van der Waals surface area contributed by atoms with Crippen molar-refractivity contribution in [3.63, 3.8) is 0 Å². The van der Waals surface area contributed by atoms with Crippen molar-refractivity contribution in [2.75, 3.05) is 12.3 Å². The average molecular weight is 314 g/mol. The smallest absolute Gasteiger partial charge is 0.315 e. The molecule has 5 nitrogen and oxygen atoms in total. The lowest BCUT2D eigenvalue weighted by Gasteiger charge is -2.18. The number of amides is 2. The molecule has 3 N–H and O–H groups in total. The Bertz CT molecular complexity index is 378. The van der Waals surface area contributed by atoms with Crippen molar-refractivity contribution < 1.29 is 14.7 Å². The molecule has 21 heavy (non-hydrogen) atoms. The van der Waals surface area contributed by atoms with Gasteiger partial charge in [-0.05, 0) is 43.8 Å². The second kappa shape index (κ2) is 7.92. The highest BCUT2D eigenvalue weighted by Crippen LogP contribution is 2.31. The number of carbonyl (C=O) groups is 2. The van der Waals surface area contributed by atoms with E-state index in [-0.39, 0.29) is 23.9 Å². The zero-order valence-corrected chi connectivity index (χ0v) is 13.5. The zero-order chi connectivity index (χ0) is 15.2. The first-order valence-corrected chi connectivity index (χ1v) is 9.03. The van der Waals surface area contributed by atoms with Crippen molar-refractivity contribution in [2.24, 2.45) is 11.8 Å². The van der Waals surface area contributed by atoms with Crippen LogP contribution in [0.15, 0.2) is 0 Å². The zero-order valence-electron chi connectivity index (χ0n) is 12.6. The molecule has 0 aromatic carbocycles. The molecule has 0 saturated heterocycles. The highest BCUT2D eigenvalue weighted by molar-refractivity contribution is 7.99. The fraction of sp³-hybridized carbons (Fsp3) is 0.867. The van der Waals surface area contributed by atoms with E-state index in [9.17, 15) is 9.59 Å². The topological polar surface area (TPSA) is 78.4 Å². The van der Waals surface area contributed by atoms with E-state index < -0.39 is 5.97 Å². The number of nitrogens with one attached hydrogen (secondary N) is 2. The van der Waals surface area contributed by atoms with Crippen molar-refractivity contribution in [1.82, 2.24) is 10.6 Å². The molecule has 0 aromatic heterocycles. The summed E-state index contributed by atoms with van der Waals surface area (Å²) in [4.78, 5) is 23.0. The van der Waals surface area contributed by atoms with Gasteiger partial charge in [0.15, 0.2) is 0 Å². The molecule has 2 saturated carbocycles. The fourth-order valence-corrected chi connectivity index (χ4v) is 4.67. The van der Waals surface area contributed by atoms with E-state index >= 15 is 0 Å². The van der Waals surface area contributed by atoms with Gasteiger partial charge in [-0.1, -0.05) is 13.3 Å². The Kier molecular flexibility index (Phi) is 6.21. The summed E-state index contributed by atoms with van der Waals surface area (Å²) in [6, 6.07) is 0.131. The number of rotatable bonds is 6. The number of carboxylic acid groups (broad SMARTS) is 1. The third kappa shape index (κ3) is 4.80. The molecule has 0 heterocycles. The van der Waals surface area contributed by atoms with Gasteiger partial charge in [-0.2, -0.15) is 11.8 Å². The quantitative estimate of drug-likeness (QED) is 0.704.